The Labute approximate surface area is 78.2 Å². The van der Waals surface area contributed by atoms with Gasteiger partial charge >= 0.3 is 0 Å². The Morgan fingerprint density at radius 1 is 1.23 bits per heavy atom. The molecule has 2 rings (SSSR count). The molecule has 0 amide bonds. The maximum atomic E-state index is 8.62. The van der Waals surface area contributed by atoms with Crippen molar-refractivity contribution in [2.45, 2.75) is 18.9 Å². The quantitative estimate of drug-likeness (QED) is 0.752. The van der Waals surface area contributed by atoms with Crippen molar-refractivity contribution in [1.82, 2.24) is 0 Å². The van der Waals surface area contributed by atoms with Gasteiger partial charge in [0.05, 0.1) is 19.3 Å². The molecule has 70 valence electrons. The van der Waals surface area contributed by atoms with Crippen LogP contribution in [0, 0.1) is 0 Å². The highest BCUT2D eigenvalue weighted by Crippen LogP contribution is 2.23. The molecule has 0 bridgehead atoms. The second kappa shape index (κ2) is 3.90. The first-order chi connectivity index (χ1) is 6.40. The predicted molar refractivity (Wildman–Crippen MR) is 50.7 cm³/mol. The van der Waals surface area contributed by atoms with E-state index < -0.39 is 0 Å². The normalized spacial score (nSPS) is 16.1. The first-order valence-corrected chi connectivity index (χ1v) is 4.69. The minimum atomic E-state index is 0.118. The zero-order valence-corrected chi connectivity index (χ0v) is 7.57. The van der Waals surface area contributed by atoms with Gasteiger partial charge in [-0.3, -0.25) is 0 Å². The minimum absolute atomic E-state index is 0.118. The summed E-state index contributed by atoms with van der Waals surface area (Å²) in [5, 5.41) is 8.62. The van der Waals surface area contributed by atoms with E-state index >= 15 is 0 Å². The fourth-order valence-corrected chi connectivity index (χ4v) is 1.86. The molecule has 0 aliphatic heterocycles. The number of benzene rings is 1. The van der Waals surface area contributed by atoms with Crippen LogP contribution < -0.4 is 0 Å². The molecule has 0 spiro atoms. The van der Waals surface area contributed by atoms with Crippen LogP contribution in [0.5, 0.6) is 0 Å². The number of ether oxygens (including phenoxy) is 1. The van der Waals surface area contributed by atoms with Gasteiger partial charge in [0.2, 0.25) is 0 Å². The van der Waals surface area contributed by atoms with E-state index in [4.69, 9.17) is 9.84 Å². The first kappa shape index (κ1) is 8.73. The molecule has 1 aliphatic rings. The average Bonchev–Trinajstić information content (AvgIpc) is 2.57. The first-order valence-electron chi connectivity index (χ1n) is 4.69. The second-order valence-electron chi connectivity index (χ2n) is 3.39. The van der Waals surface area contributed by atoms with Crippen LogP contribution in [0.4, 0.5) is 0 Å². The van der Waals surface area contributed by atoms with Crippen LogP contribution in [-0.2, 0) is 17.6 Å². The van der Waals surface area contributed by atoms with E-state index in [2.05, 4.69) is 24.3 Å². The van der Waals surface area contributed by atoms with Crippen molar-refractivity contribution in [2.24, 2.45) is 0 Å². The molecule has 0 heterocycles. The zero-order valence-electron chi connectivity index (χ0n) is 7.57. The third-order valence-corrected chi connectivity index (χ3v) is 2.46. The Morgan fingerprint density at radius 3 is 2.38 bits per heavy atom. The number of fused-ring (bicyclic) bond motifs is 1. The van der Waals surface area contributed by atoms with Gasteiger partial charge in [-0.15, -0.1) is 0 Å². The van der Waals surface area contributed by atoms with Crippen molar-refractivity contribution >= 4 is 0 Å². The largest absolute Gasteiger partial charge is 0.394 e. The van der Waals surface area contributed by atoms with Gasteiger partial charge in [-0.2, -0.15) is 0 Å². The molecule has 0 radical (unpaired) electrons. The fourth-order valence-electron chi connectivity index (χ4n) is 1.86. The summed E-state index contributed by atoms with van der Waals surface area (Å²) in [6, 6.07) is 8.43. The standard InChI is InChI=1S/C11H14O2/c12-5-6-13-11-7-9-3-1-2-4-10(9)8-11/h1-4,11-12H,5-8H2. The van der Waals surface area contributed by atoms with Gasteiger partial charge in [-0.25, -0.2) is 0 Å². The van der Waals surface area contributed by atoms with Crippen LogP contribution in [-0.4, -0.2) is 24.4 Å². The lowest BCUT2D eigenvalue weighted by Gasteiger charge is -2.08. The van der Waals surface area contributed by atoms with E-state index in [-0.39, 0.29) is 12.7 Å². The molecule has 2 nitrogen and oxygen atoms in total. The molecular weight excluding hydrogens is 164 g/mol. The summed E-state index contributed by atoms with van der Waals surface area (Å²) in [6.07, 6.45) is 2.27. The zero-order chi connectivity index (χ0) is 9.10. The van der Waals surface area contributed by atoms with Gasteiger partial charge in [0.25, 0.3) is 0 Å². The molecule has 1 aromatic rings. The highest BCUT2D eigenvalue weighted by molar-refractivity contribution is 5.32. The van der Waals surface area contributed by atoms with Crippen LogP contribution in [0.25, 0.3) is 0 Å². The van der Waals surface area contributed by atoms with E-state index in [1.54, 1.807) is 0 Å². The molecule has 0 saturated carbocycles. The topological polar surface area (TPSA) is 29.5 Å². The maximum Gasteiger partial charge on any atom is 0.0701 e. The van der Waals surface area contributed by atoms with Gasteiger partial charge in [0.1, 0.15) is 0 Å². The minimum Gasteiger partial charge on any atom is -0.394 e. The van der Waals surface area contributed by atoms with Crippen LogP contribution >= 0.6 is 0 Å². The molecular formula is C11H14O2. The molecule has 2 heteroatoms. The summed E-state index contributed by atoms with van der Waals surface area (Å²) in [4.78, 5) is 0. The van der Waals surface area contributed by atoms with Gasteiger partial charge in [0.15, 0.2) is 0 Å². The summed E-state index contributed by atoms with van der Waals surface area (Å²) in [5.41, 5.74) is 2.79. The Bertz CT molecular complexity index is 258. The average molecular weight is 178 g/mol. The highest BCUT2D eigenvalue weighted by atomic mass is 16.5. The number of aliphatic hydroxyl groups is 1. The number of aliphatic hydroxyl groups excluding tert-OH is 1. The van der Waals surface area contributed by atoms with Crippen LogP contribution in [0.15, 0.2) is 24.3 Å². The third-order valence-electron chi connectivity index (χ3n) is 2.46. The smallest absolute Gasteiger partial charge is 0.0701 e. The van der Waals surface area contributed by atoms with Crippen LogP contribution in [0.3, 0.4) is 0 Å². The molecule has 0 unspecified atom stereocenters. The summed E-state index contributed by atoms with van der Waals surface area (Å²) in [7, 11) is 0. The van der Waals surface area contributed by atoms with Gasteiger partial charge in [-0.1, -0.05) is 24.3 Å². The van der Waals surface area contributed by atoms with Crippen molar-refractivity contribution in [1.29, 1.82) is 0 Å². The molecule has 1 aliphatic carbocycles. The van der Waals surface area contributed by atoms with Crippen LogP contribution in [0.1, 0.15) is 11.1 Å². The van der Waals surface area contributed by atoms with E-state index in [1.807, 2.05) is 0 Å². The van der Waals surface area contributed by atoms with Gasteiger partial charge < -0.3 is 9.84 Å². The monoisotopic (exact) mass is 178 g/mol. The van der Waals surface area contributed by atoms with Crippen molar-refractivity contribution < 1.29 is 9.84 Å². The summed E-state index contributed by atoms with van der Waals surface area (Å²) in [5.74, 6) is 0. The van der Waals surface area contributed by atoms with E-state index in [1.165, 1.54) is 11.1 Å². The SMILES string of the molecule is OCCOC1Cc2ccccc2C1. The highest BCUT2D eigenvalue weighted by Gasteiger charge is 2.20. The second-order valence-corrected chi connectivity index (χ2v) is 3.39. The lowest BCUT2D eigenvalue weighted by atomic mass is 10.1. The molecule has 0 saturated heterocycles. The van der Waals surface area contributed by atoms with E-state index in [0.29, 0.717) is 6.61 Å². The Kier molecular flexibility index (Phi) is 2.62. The number of hydrogen-bond donors (Lipinski definition) is 1. The number of rotatable bonds is 3. The lowest BCUT2D eigenvalue weighted by Crippen LogP contribution is -2.15. The molecule has 1 N–H and O–H groups in total. The number of hydrogen-bond acceptors (Lipinski definition) is 2. The lowest BCUT2D eigenvalue weighted by molar-refractivity contribution is 0.0349. The Hall–Kier alpha value is -0.860. The third kappa shape index (κ3) is 1.90. The fraction of sp³-hybridized carbons (Fsp3) is 0.455. The van der Waals surface area contributed by atoms with E-state index in [0.717, 1.165) is 12.8 Å². The van der Waals surface area contributed by atoms with Crippen molar-refractivity contribution in [3.05, 3.63) is 35.4 Å². The van der Waals surface area contributed by atoms with E-state index in [9.17, 15) is 0 Å². The molecule has 1 aromatic carbocycles. The molecule has 0 fully saturated rings. The molecule has 13 heavy (non-hydrogen) atoms. The summed E-state index contributed by atoms with van der Waals surface area (Å²) >= 11 is 0. The predicted octanol–water partition coefficient (Wildman–Crippen LogP) is 1.16. The van der Waals surface area contributed by atoms with Gasteiger partial charge in [0, 0.05) is 0 Å². The Morgan fingerprint density at radius 2 is 1.85 bits per heavy atom. The molecule has 0 aromatic heterocycles. The van der Waals surface area contributed by atoms with Crippen molar-refractivity contribution in [2.75, 3.05) is 13.2 Å². The van der Waals surface area contributed by atoms with Crippen LogP contribution in [0.2, 0.25) is 0 Å². The maximum absolute atomic E-state index is 8.62. The van der Waals surface area contributed by atoms with Crippen molar-refractivity contribution in [3.63, 3.8) is 0 Å². The summed E-state index contributed by atoms with van der Waals surface area (Å²) in [6.45, 7) is 0.575. The summed E-state index contributed by atoms with van der Waals surface area (Å²) < 4.78 is 5.48. The van der Waals surface area contributed by atoms with Gasteiger partial charge in [-0.05, 0) is 24.0 Å². The molecule has 0 atom stereocenters. The van der Waals surface area contributed by atoms with Crippen molar-refractivity contribution in [3.8, 4) is 0 Å². The Balaban J connectivity index is 1.97.